The number of alkyl halides is 3. The van der Waals surface area contributed by atoms with Crippen molar-refractivity contribution in [2.45, 2.75) is 31.1 Å². The molecule has 3 aromatic rings. The van der Waals surface area contributed by atoms with E-state index in [1.807, 2.05) is 0 Å². The molecule has 0 radical (unpaired) electrons. The van der Waals surface area contributed by atoms with Gasteiger partial charge in [-0.3, -0.25) is 14.2 Å². The number of carbonyl (C=O) groups excluding carboxylic acids is 2. The van der Waals surface area contributed by atoms with Crippen LogP contribution in [0, 0.1) is 0 Å². The Hall–Kier alpha value is -2.66. The smallest absolute Gasteiger partial charge is 0.356 e. The SMILES string of the molecule is CC(=O)NCCCc1nnc(SCC(=O)c2ccc(Br)cc2)n1-c1cccc(C(F)(F)F)c1. The standard InChI is InChI=1S/C22H20BrF3N4O2S/c1-14(31)27-11-3-6-20-28-29-21(33-13-19(32)15-7-9-17(23)10-8-15)30(20)18-5-2-4-16(12-18)22(24,25)26/h2,4-5,7-10,12H,3,6,11,13H2,1H3,(H,27,31). The summed E-state index contributed by atoms with van der Waals surface area (Å²) in [6.07, 6.45) is -3.59. The van der Waals surface area contributed by atoms with E-state index in [1.54, 1.807) is 24.3 Å². The normalized spacial score (nSPS) is 11.4. The zero-order valence-corrected chi connectivity index (χ0v) is 19.9. The van der Waals surface area contributed by atoms with Crippen LogP contribution in [-0.2, 0) is 17.4 Å². The van der Waals surface area contributed by atoms with Gasteiger partial charge in [0.2, 0.25) is 5.91 Å². The fourth-order valence-electron chi connectivity index (χ4n) is 3.00. The van der Waals surface area contributed by atoms with Gasteiger partial charge < -0.3 is 5.32 Å². The van der Waals surface area contributed by atoms with Crippen LogP contribution in [0.15, 0.2) is 58.2 Å². The van der Waals surface area contributed by atoms with Gasteiger partial charge in [-0.25, -0.2) is 0 Å². The van der Waals surface area contributed by atoms with E-state index in [0.717, 1.165) is 28.4 Å². The van der Waals surface area contributed by atoms with Crippen molar-refractivity contribution < 1.29 is 22.8 Å². The molecule has 0 fully saturated rings. The van der Waals surface area contributed by atoms with Crippen LogP contribution in [0.3, 0.4) is 0 Å². The van der Waals surface area contributed by atoms with Crippen molar-refractivity contribution in [3.05, 3.63) is 70.0 Å². The Bertz CT molecular complexity index is 1130. The van der Waals surface area contributed by atoms with E-state index in [2.05, 4.69) is 31.4 Å². The molecule has 0 saturated heterocycles. The van der Waals surface area contributed by atoms with Crippen molar-refractivity contribution in [1.82, 2.24) is 20.1 Å². The first-order valence-corrected chi connectivity index (χ1v) is 11.7. The number of Topliss-reactive ketones (excluding diaryl/α,β-unsaturated/α-hetero) is 1. The average molecular weight is 541 g/mol. The summed E-state index contributed by atoms with van der Waals surface area (Å²) in [7, 11) is 0. The number of carbonyl (C=O) groups is 2. The molecule has 0 unspecified atom stereocenters. The number of amides is 1. The van der Waals surface area contributed by atoms with Gasteiger partial charge in [-0.2, -0.15) is 13.2 Å². The van der Waals surface area contributed by atoms with Crippen LogP contribution < -0.4 is 5.32 Å². The van der Waals surface area contributed by atoms with Gasteiger partial charge in [0.05, 0.1) is 11.3 Å². The van der Waals surface area contributed by atoms with Gasteiger partial charge >= 0.3 is 6.18 Å². The fraction of sp³-hybridized carbons (Fsp3) is 0.273. The van der Waals surface area contributed by atoms with E-state index in [0.29, 0.717) is 35.9 Å². The highest BCUT2D eigenvalue weighted by molar-refractivity contribution is 9.10. The van der Waals surface area contributed by atoms with Crippen LogP contribution in [0.1, 0.15) is 35.1 Å². The summed E-state index contributed by atoms with van der Waals surface area (Å²) < 4.78 is 42.2. The third-order valence-corrected chi connectivity index (χ3v) is 6.04. The Kier molecular flexibility index (Phi) is 8.30. The van der Waals surface area contributed by atoms with Gasteiger partial charge in [-0.1, -0.05) is 45.9 Å². The molecule has 0 bridgehead atoms. The second kappa shape index (κ2) is 11.0. The summed E-state index contributed by atoms with van der Waals surface area (Å²) in [6, 6.07) is 11.8. The minimum absolute atomic E-state index is 0.0462. The summed E-state index contributed by atoms with van der Waals surface area (Å²) in [5.74, 6) is 0.179. The van der Waals surface area contributed by atoms with E-state index < -0.39 is 11.7 Å². The topological polar surface area (TPSA) is 76.9 Å². The number of thioether (sulfide) groups is 1. The first-order chi connectivity index (χ1) is 15.6. The second-order valence-electron chi connectivity index (χ2n) is 7.09. The maximum absolute atomic E-state index is 13.3. The monoisotopic (exact) mass is 540 g/mol. The first kappa shape index (κ1) is 25.0. The Morgan fingerprint density at radius 3 is 2.52 bits per heavy atom. The average Bonchev–Trinajstić information content (AvgIpc) is 3.17. The summed E-state index contributed by atoms with van der Waals surface area (Å²) in [5.41, 5.74) is -0.0194. The van der Waals surface area contributed by atoms with Crippen LogP contribution in [0.4, 0.5) is 13.2 Å². The highest BCUT2D eigenvalue weighted by atomic mass is 79.9. The van der Waals surface area contributed by atoms with E-state index >= 15 is 0 Å². The maximum Gasteiger partial charge on any atom is 0.416 e. The molecule has 11 heteroatoms. The fourth-order valence-corrected chi connectivity index (χ4v) is 4.13. The Morgan fingerprint density at radius 2 is 1.85 bits per heavy atom. The number of halogens is 4. The van der Waals surface area contributed by atoms with Crippen molar-refractivity contribution >= 4 is 39.4 Å². The third kappa shape index (κ3) is 6.91. The highest BCUT2D eigenvalue weighted by Gasteiger charge is 2.31. The molecule has 2 aromatic carbocycles. The van der Waals surface area contributed by atoms with Crippen LogP contribution >= 0.6 is 27.7 Å². The molecule has 33 heavy (non-hydrogen) atoms. The van der Waals surface area contributed by atoms with Gasteiger partial charge in [0.15, 0.2) is 10.9 Å². The van der Waals surface area contributed by atoms with E-state index in [4.69, 9.17) is 0 Å². The molecular formula is C22H20BrF3N4O2S. The molecule has 0 spiro atoms. The molecular weight excluding hydrogens is 521 g/mol. The Labute approximate surface area is 201 Å². The maximum atomic E-state index is 13.3. The molecule has 1 heterocycles. The number of nitrogens with zero attached hydrogens (tertiary/aromatic N) is 3. The Morgan fingerprint density at radius 1 is 1.12 bits per heavy atom. The minimum atomic E-state index is -4.50. The predicted octanol–water partition coefficient (Wildman–Crippen LogP) is 5.09. The quantitative estimate of drug-likeness (QED) is 0.232. The van der Waals surface area contributed by atoms with Crippen molar-refractivity contribution in [2.24, 2.45) is 0 Å². The van der Waals surface area contributed by atoms with Crippen molar-refractivity contribution in [3.63, 3.8) is 0 Å². The van der Waals surface area contributed by atoms with E-state index in [1.165, 1.54) is 23.6 Å². The van der Waals surface area contributed by atoms with Gasteiger partial charge in [0, 0.05) is 35.6 Å². The number of hydrogen-bond acceptors (Lipinski definition) is 5. The third-order valence-electron chi connectivity index (χ3n) is 4.58. The first-order valence-electron chi connectivity index (χ1n) is 9.93. The number of nitrogens with one attached hydrogen (secondary N) is 1. The lowest BCUT2D eigenvalue weighted by Gasteiger charge is -2.13. The predicted molar refractivity (Wildman–Crippen MR) is 123 cm³/mol. The molecule has 1 amide bonds. The molecule has 1 aromatic heterocycles. The number of ketones is 1. The molecule has 0 aliphatic carbocycles. The highest BCUT2D eigenvalue weighted by Crippen LogP contribution is 2.32. The van der Waals surface area contributed by atoms with Crippen molar-refractivity contribution in [2.75, 3.05) is 12.3 Å². The second-order valence-corrected chi connectivity index (χ2v) is 8.95. The molecule has 3 rings (SSSR count). The summed E-state index contributed by atoms with van der Waals surface area (Å²) >= 11 is 4.42. The van der Waals surface area contributed by atoms with Crippen LogP contribution in [0.25, 0.3) is 5.69 Å². The zero-order chi connectivity index (χ0) is 24.0. The van der Waals surface area contributed by atoms with E-state index in [9.17, 15) is 22.8 Å². The number of benzene rings is 2. The van der Waals surface area contributed by atoms with Gasteiger partial charge in [-0.05, 0) is 36.8 Å². The lowest BCUT2D eigenvalue weighted by atomic mass is 10.2. The van der Waals surface area contributed by atoms with Crippen molar-refractivity contribution in [1.29, 1.82) is 0 Å². The summed E-state index contributed by atoms with van der Waals surface area (Å²) in [4.78, 5) is 23.6. The largest absolute Gasteiger partial charge is 0.416 e. The van der Waals surface area contributed by atoms with Gasteiger partial charge in [-0.15, -0.1) is 10.2 Å². The molecule has 0 aliphatic rings. The number of aromatic nitrogens is 3. The van der Waals surface area contributed by atoms with Crippen LogP contribution in [0.5, 0.6) is 0 Å². The lowest BCUT2D eigenvalue weighted by Crippen LogP contribution is -2.21. The molecule has 0 saturated carbocycles. The number of rotatable bonds is 9. The molecule has 0 atom stereocenters. The van der Waals surface area contributed by atoms with Gasteiger partial charge in [0.25, 0.3) is 0 Å². The molecule has 6 nitrogen and oxygen atoms in total. The van der Waals surface area contributed by atoms with Crippen molar-refractivity contribution in [3.8, 4) is 5.69 Å². The van der Waals surface area contributed by atoms with E-state index in [-0.39, 0.29) is 23.1 Å². The molecule has 174 valence electrons. The Balaban J connectivity index is 1.86. The minimum Gasteiger partial charge on any atom is -0.356 e. The molecule has 1 N–H and O–H groups in total. The number of aryl methyl sites for hydroxylation is 1. The summed E-state index contributed by atoms with van der Waals surface area (Å²) in [6.45, 7) is 1.80. The number of hydrogen-bond donors (Lipinski definition) is 1. The zero-order valence-electron chi connectivity index (χ0n) is 17.5. The van der Waals surface area contributed by atoms with Crippen LogP contribution in [0.2, 0.25) is 0 Å². The van der Waals surface area contributed by atoms with Gasteiger partial charge in [0.1, 0.15) is 5.82 Å². The lowest BCUT2D eigenvalue weighted by molar-refractivity contribution is -0.137. The van der Waals surface area contributed by atoms with Crippen LogP contribution in [-0.4, -0.2) is 38.8 Å². The summed E-state index contributed by atoms with van der Waals surface area (Å²) in [5, 5.41) is 11.3. The molecule has 0 aliphatic heterocycles.